The van der Waals surface area contributed by atoms with Crippen LogP contribution < -0.4 is 21.3 Å². The number of hydrogen-bond donors (Lipinski definition) is 5. The summed E-state index contributed by atoms with van der Waals surface area (Å²) in [6.45, 7) is 13.6. The Balaban J connectivity index is 0.000000246. The molecule has 0 spiro atoms. The van der Waals surface area contributed by atoms with Gasteiger partial charge in [0.25, 0.3) is 11.8 Å². The molecule has 4 aromatic heterocycles. The third kappa shape index (κ3) is 11.1. The normalized spacial score (nSPS) is 12.6. The minimum atomic E-state index is -0.548. The van der Waals surface area contributed by atoms with E-state index < -0.39 is 23.4 Å². The average Bonchev–Trinajstić information content (AvgIpc) is 3.84. The number of nitrogens with zero attached hydrogens (tertiary/aromatic N) is 8. The number of aromatic amines is 1. The maximum Gasteiger partial charge on any atom is 0.407 e. The van der Waals surface area contributed by atoms with Crippen LogP contribution in [-0.2, 0) is 16.0 Å². The number of unbranched alkanes of at least 4 members (excludes halogenated alkanes) is 1. The Morgan fingerprint density at radius 2 is 1.27 bits per heavy atom. The maximum absolute atomic E-state index is 12.5. The van der Waals surface area contributed by atoms with E-state index in [1.807, 2.05) is 46.1 Å². The molecule has 0 atom stereocenters. The second kappa shape index (κ2) is 17.6. The van der Waals surface area contributed by atoms with Crippen molar-refractivity contribution in [1.82, 2.24) is 55.0 Å². The fourth-order valence-electron chi connectivity index (χ4n) is 5.39. The van der Waals surface area contributed by atoms with Crippen LogP contribution in [-0.4, -0.2) is 112 Å². The second-order valence-corrected chi connectivity index (χ2v) is 14.4. The molecule has 1 aliphatic rings. The van der Waals surface area contributed by atoms with Gasteiger partial charge in [-0.25, -0.2) is 39.5 Å². The molecule has 6 rings (SSSR count). The van der Waals surface area contributed by atoms with Crippen LogP contribution in [0.4, 0.5) is 21.2 Å². The number of benzene rings is 1. The summed E-state index contributed by atoms with van der Waals surface area (Å²) in [5.74, 6) is 0.760. The molecule has 0 saturated heterocycles. The van der Waals surface area contributed by atoms with Crippen LogP contribution in [0.5, 0.6) is 0 Å². The summed E-state index contributed by atoms with van der Waals surface area (Å²) in [5, 5.41) is 11.6. The van der Waals surface area contributed by atoms with E-state index in [-0.39, 0.29) is 11.8 Å². The van der Waals surface area contributed by atoms with Crippen molar-refractivity contribution in [2.45, 2.75) is 72.1 Å². The Hall–Kier alpha value is -6.40. The van der Waals surface area contributed by atoms with Gasteiger partial charge in [0, 0.05) is 39.3 Å². The minimum absolute atomic E-state index is 0.233. The molecule has 0 bridgehead atoms. The molecule has 0 saturated carbocycles. The smallest absolute Gasteiger partial charge is 0.407 e. The van der Waals surface area contributed by atoms with Crippen molar-refractivity contribution in [3.05, 3.63) is 60.7 Å². The highest BCUT2D eigenvalue weighted by molar-refractivity contribution is 6.21. The molecule has 19 heteroatoms. The highest BCUT2D eigenvalue weighted by atomic mass is 16.6. The third-order valence-electron chi connectivity index (χ3n) is 7.70. The van der Waals surface area contributed by atoms with E-state index in [0.717, 1.165) is 11.9 Å². The number of amides is 4. The molecule has 292 valence electrons. The Labute approximate surface area is 317 Å². The first-order chi connectivity index (χ1) is 26.2. The van der Waals surface area contributed by atoms with E-state index in [0.29, 0.717) is 85.3 Å². The van der Waals surface area contributed by atoms with Gasteiger partial charge in [-0.2, -0.15) is 0 Å². The molecule has 0 aliphatic carbocycles. The van der Waals surface area contributed by atoms with Gasteiger partial charge < -0.3 is 40.3 Å². The number of anilines is 2. The number of fused-ring (bicyclic) bond motifs is 3. The number of imide groups is 1. The summed E-state index contributed by atoms with van der Waals surface area (Å²) in [6.07, 6.45) is 6.65. The number of carbonyl (C=O) groups excluding carboxylic acids is 4. The molecule has 5 N–H and O–H groups in total. The van der Waals surface area contributed by atoms with Crippen molar-refractivity contribution < 1.29 is 28.7 Å². The molecular formula is C36H47N13O6. The van der Waals surface area contributed by atoms with Crippen molar-refractivity contribution in [3.8, 4) is 0 Å². The van der Waals surface area contributed by atoms with Crippen LogP contribution in [0.2, 0.25) is 0 Å². The summed E-state index contributed by atoms with van der Waals surface area (Å²) >= 11 is 0. The number of imidazole rings is 2. The number of aromatic nitrogens is 8. The van der Waals surface area contributed by atoms with Crippen molar-refractivity contribution in [2.24, 2.45) is 0 Å². The second-order valence-electron chi connectivity index (χ2n) is 14.4. The van der Waals surface area contributed by atoms with E-state index >= 15 is 0 Å². The van der Waals surface area contributed by atoms with Crippen LogP contribution in [0.25, 0.3) is 22.3 Å². The Morgan fingerprint density at radius 1 is 0.709 bits per heavy atom. The number of ether oxygens (including phenoxy) is 2. The molecule has 55 heavy (non-hydrogen) atoms. The molecule has 0 unspecified atom stereocenters. The first kappa shape index (κ1) is 39.8. The number of carbonyl (C=O) groups is 4. The molecule has 5 heterocycles. The number of hydrogen-bond acceptors (Lipinski definition) is 14. The molecular weight excluding hydrogens is 710 g/mol. The highest BCUT2D eigenvalue weighted by Crippen LogP contribution is 2.23. The van der Waals surface area contributed by atoms with Crippen LogP contribution in [0.1, 0.15) is 75.1 Å². The minimum Gasteiger partial charge on any atom is -0.444 e. The molecule has 1 aromatic carbocycles. The molecule has 0 radical (unpaired) electrons. The molecule has 0 fully saturated rings. The van der Waals surface area contributed by atoms with E-state index in [1.54, 1.807) is 36.9 Å². The Kier molecular flexibility index (Phi) is 12.7. The van der Waals surface area contributed by atoms with Gasteiger partial charge in [-0.05, 0) is 66.5 Å². The van der Waals surface area contributed by atoms with Crippen LogP contribution in [0.3, 0.4) is 0 Å². The third-order valence-corrected chi connectivity index (χ3v) is 7.70. The van der Waals surface area contributed by atoms with Gasteiger partial charge in [-0.15, -0.1) is 0 Å². The van der Waals surface area contributed by atoms with Crippen LogP contribution in [0, 0.1) is 0 Å². The lowest BCUT2D eigenvalue weighted by Gasteiger charge is -2.19. The number of H-pyrrole nitrogens is 1. The van der Waals surface area contributed by atoms with E-state index in [4.69, 9.17) is 9.47 Å². The van der Waals surface area contributed by atoms with E-state index in [1.165, 1.54) is 17.6 Å². The van der Waals surface area contributed by atoms with Crippen molar-refractivity contribution in [3.63, 3.8) is 0 Å². The van der Waals surface area contributed by atoms with Gasteiger partial charge in [-0.3, -0.25) is 14.5 Å². The largest absolute Gasteiger partial charge is 0.444 e. The SMILES string of the molecule is CC(C)(C)OC(=O)NCCNc1ncnc2c1ncn2CCCCN1C(=O)c2ccccc2C1=O.CC(C)(C)OC(=O)NCCNc1ncnc2nc[nH]c12. The lowest BCUT2D eigenvalue weighted by molar-refractivity contribution is 0.0518. The highest BCUT2D eigenvalue weighted by Gasteiger charge is 2.34. The molecule has 5 aromatic rings. The zero-order chi connectivity index (χ0) is 39.6. The summed E-state index contributed by atoms with van der Waals surface area (Å²) < 4.78 is 12.3. The molecule has 4 amide bonds. The summed E-state index contributed by atoms with van der Waals surface area (Å²) in [7, 11) is 0. The van der Waals surface area contributed by atoms with Crippen LogP contribution >= 0.6 is 0 Å². The zero-order valence-corrected chi connectivity index (χ0v) is 31.8. The number of rotatable bonds is 13. The van der Waals surface area contributed by atoms with Gasteiger partial charge in [0.05, 0.1) is 23.8 Å². The van der Waals surface area contributed by atoms with Crippen LogP contribution in [0.15, 0.2) is 49.6 Å². The van der Waals surface area contributed by atoms with Gasteiger partial charge >= 0.3 is 12.2 Å². The quantitative estimate of drug-likeness (QED) is 0.0839. The number of nitrogens with one attached hydrogen (secondary N) is 5. The summed E-state index contributed by atoms with van der Waals surface area (Å²) in [6, 6.07) is 6.90. The summed E-state index contributed by atoms with van der Waals surface area (Å²) in [5.41, 5.74) is 2.55. The maximum atomic E-state index is 12.5. The first-order valence-corrected chi connectivity index (χ1v) is 17.9. The standard InChI is InChI=1S/C24H29N7O4.C12H18N6O2/c1-24(2,3)35-23(34)26-11-10-25-19-18-20(28-14-27-19)30(15-29-18)12-6-7-13-31-21(32)16-8-4-5-9-17(16)22(31)33;1-12(2,3)20-11(19)14-5-4-13-9-8-10(16-6-15-8)18-7-17-9/h4-5,8-9,14-15H,6-7,10-13H2,1-3H3,(H,26,34)(H,25,27,28);6-7H,4-5H2,1-3H3,(H,14,19)(H2,13,15,16,17,18). The van der Waals surface area contributed by atoms with Crippen molar-refractivity contribution >= 4 is 58.0 Å². The lowest BCUT2D eigenvalue weighted by Crippen LogP contribution is -2.35. The van der Waals surface area contributed by atoms with Gasteiger partial charge in [0.2, 0.25) is 0 Å². The van der Waals surface area contributed by atoms with E-state index in [2.05, 4.69) is 56.2 Å². The topological polar surface area (TPSA) is 236 Å². The summed E-state index contributed by atoms with van der Waals surface area (Å²) in [4.78, 5) is 77.6. The fourth-order valence-corrected chi connectivity index (χ4v) is 5.39. The Bertz CT molecular complexity index is 2080. The number of alkyl carbamates (subject to hydrolysis) is 2. The monoisotopic (exact) mass is 757 g/mol. The predicted molar refractivity (Wildman–Crippen MR) is 204 cm³/mol. The molecule has 1 aliphatic heterocycles. The average molecular weight is 758 g/mol. The first-order valence-electron chi connectivity index (χ1n) is 17.9. The number of aryl methyl sites for hydroxylation is 1. The van der Waals surface area contributed by atoms with Gasteiger partial charge in [0.1, 0.15) is 34.9 Å². The zero-order valence-electron chi connectivity index (χ0n) is 31.8. The predicted octanol–water partition coefficient (Wildman–Crippen LogP) is 4.13. The van der Waals surface area contributed by atoms with Crippen molar-refractivity contribution in [2.75, 3.05) is 43.4 Å². The fraction of sp³-hybridized carbons (Fsp3) is 0.444. The Morgan fingerprint density at radius 3 is 1.89 bits per heavy atom. The van der Waals surface area contributed by atoms with Gasteiger partial charge in [-0.1, -0.05) is 12.1 Å². The molecule has 19 nitrogen and oxygen atoms in total. The van der Waals surface area contributed by atoms with Crippen molar-refractivity contribution in [1.29, 1.82) is 0 Å². The van der Waals surface area contributed by atoms with E-state index in [9.17, 15) is 19.2 Å². The lowest BCUT2D eigenvalue weighted by atomic mass is 10.1. The van der Waals surface area contributed by atoms with Gasteiger partial charge in [0.15, 0.2) is 22.9 Å².